The number of anilines is 2. The zero-order valence-corrected chi connectivity index (χ0v) is 14.1. The highest BCUT2D eigenvalue weighted by atomic mass is 15.3. The largest absolute Gasteiger partial charge is 0.370 e. The third kappa shape index (κ3) is 3.64. The molecule has 1 fully saturated rings. The van der Waals surface area contributed by atoms with Crippen LogP contribution in [0.25, 0.3) is 0 Å². The van der Waals surface area contributed by atoms with Crippen LogP contribution in [0.1, 0.15) is 45.0 Å². The number of hydrogen-bond acceptors (Lipinski definition) is 5. The van der Waals surface area contributed by atoms with Gasteiger partial charge in [-0.1, -0.05) is 20.8 Å². The van der Waals surface area contributed by atoms with E-state index >= 15 is 0 Å². The maximum atomic E-state index is 4.85. The molecule has 0 spiro atoms. The van der Waals surface area contributed by atoms with Gasteiger partial charge in [0.05, 0.1) is 0 Å². The first-order valence-corrected chi connectivity index (χ1v) is 8.16. The van der Waals surface area contributed by atoms with E-state index in [2.05, 4.69) is 54.7 Å². The first-order chi connectivity index (χ1) is 10.1. The fourth-order valence-electron chi connectivity index (χ4n) is 2.70. The van der Waals surface area contributed by atoms with Gasteiger partial charge in [0.25, 0.3) is 0 Å². The van der Waals surface area contributed by atoms with Crippen molar-refractivity contribution >= 4 is 11.6 Å². The standard InChI is InChI=1S/C16H29N5/c1-6-17-15-13(5)16(19-14(18-15)12(3)4)21-10-8-20(7-2)9-11-21/h12H,6-11H2,1-5H3,(H,17,18,19). The van der Waals surface area contributed by atoms with Crippen molar-refractivity contribution in [2.24, 2.45) is 0 Å². The Morgan fingerprint density at radius 1 is 1.10 bits per heavy atom. The summed E-state index contributed by atoms with van der Waals surface area (Å²) in [5.41, 5.74) is 1.17. The smallest absolute Gasteiger partial charge is 0.137 e. The molecule has 1 aromatic rings. The SMILES string of the molecule is CCNc1nc(C(C)C)nc(N2CCN(CC)CC2)c1C. The van der Waals surface area contributed by atoms with Gasteiger partial charge in [-0.3, -0.25) is 0 Å². The van der Waals surface area contributed by atoms with Crippen molar-refractivity contribution in [1.82, 2.24) is 14.9 Å². The Morgan fingerprint density at radius 2 is 1.76 bits per heavy atom. The number of hydrogen-bond donors (Lipinski definition) is 1. The molecule has 0 unspecified atom stereocenters. The Balaban J connectivity index is 2.29. The van der Waals surface area contributed by atoms with Gasteiger partial charge in [-0.15, -0.1) is 0 Å². The molecule has 0 bridgehead atoms. The predicted molar refractivity (Wildman–Crippen MR) is 89.3 cm³/mol. The molecule has 1 aromatic heterocycles. The third-order valence-corrected chi connectivity index (χ3v) is 4.12. The number of likely N-dealkylation sites (N-methyl/N-ethyl adjacent to an activating group) is 1. The summed E-state index contributed by atoms with van der Waals surface area (Å²) in [6.45, 7) is 17.1. The summed E-state index contributed by atoms with van der Waals surface area (Å²) in [7, 11) is 0. The Kier molecular flexibility index (Phi) is 5.39. The fraction of sp³-hybridized carbons (Fsp3) is 0.750. The summed E-state index contributed by atoms with van der Waals surface area (Å²) >= 11 is 0. The van der Waals surface area contributed by atoms with E-state index < -0.39 is 0 Å². The minimum atomic E-state index is 0.346. The molecule has 0 radical (unpaired) electrons. The molecule has 1 aliphatic heterocycles. The molecule has 1 aliphatic rings. The Labute approximate surface area is 128 Å². The molecule has 5 heteroatoms. The lowest BCUT2D eigenvalue weighted by Crippen LogP contribution is -2.46. The molecule has 0 aromatic carbocycles. The second-order valence-corrected chi connectivity index (χ2v) is 5.99. The van der Waals surface area contributed by atoms with Gasteiger partial charge < -0.3 is 15.1 Å². The van der Waals surface area contributed by atoms with Crippen molar-refractivity contribution in [1.29, 1.82) is 0 Å². The second kappa shape index (κ2) is 7.07. The first-order valence-electron chi connectivity index (χ1n) is 8.16. The van der Waals surface area contributed by atoms with Crippen molar-refractivity contribution in [2.75, 3.05) is 49.5 Å². The van der Waals surface area contributed by atoms with E-state index in [0.29, 0.717) is 5.92 Å². The van der Waals surface area contributed by atoms with E-state index in [0.717, 1.165) is 56.7 Å². The Hall–Kier alpha value is -1.36. The molecule has 0 saturated carbocycles. The van der Waals surface area contributed by atoms with Gasteiger partial charge in [0, 0.05) is 44.2 Å². The van der Waals surface area contributed by atoms with Crippen molar-refractivity contribution in [3.8, 4) is 0 Å². The highest BCUT2D eigenvalue weighted by Gasteiger charge is 2.21. The molecule has 2 rings (SSSR count). The van der Waals surface area contributed by atoms with Crippen LogP contribution in [0.5, 0.6) is 0 Å². The second-order valence-electron chi connectivity index (χ2n) is 5.99. The zero-order valence-electron chi connectivity index (χ0n) is 14.1. The molecule has 118 valence electrons. The fourth-order valence-corrected chi connectivity index (χ4v) is 2.70. The van der Waals surface area contributed by atoms with Gasteiger partial charge in [0.1, 0.15) is 17.5 Å². The average Bonchev–Trinajstić information content (AvgIpc) is 2.49. The van der Waals surface area contributed by atoms with Crippen molar-refractivity contribution in [3.05, 3.63) is 11.4 Å². The molecular weight excluding hydrogens is 262 g/mol. The summed E-state index contributed by atoms with van der Waals surface area (Å²) < 4.78 is 0. The van der Waals surface area contributed by atoms with E-state index in [1.807, 2.05) is 0 Å². The van der Waals surface area contributed by atoms with E-state index in [-0.39, 0.29) is 0 Å². The van der Waals surface area contributed by atoms with Gasteiger partial charge in [0.2, 0.25) is 0 Å². The Morgan fingerprint density at radius 3 is 2.29 bits per heavy atom. The lowest BCUT2D eigenvalue weighted by molar-refractivity contribution is 0.270. The summed E-state index contributed by atoms with van der Waals surface area (Å²) in [6, 6.07) is 0. The highest BCUT2D eigenvalue weighted by Crippen LogP contribution is 2.26. The monoisotopic (exact) mass is 291 g/mol. The lowest BCUT2D eigenvalue weighted by atomic mass is 10.2. The molecule has 21 heavy (non-hydrogen) atoms. The number of nitrogens with zero attached hydrogens (tertiary/aromatic N) is 4. The molecule has 0 aliphatic carbocycles. The van der Waals surface area contributed by atoms with Gasteiger partial charge in [-0.25, -0.2) is 9.97 Å². The quantitative estimate of drug-likeness (QED) is 0.903. The van der Waals surface area contributed by atoms with E-state index in [4.69, 9.17) is 4.98 Å². The summed E-state index contributed by atoms with van der Waals surface area (Å²) in [5, 5.41) is 3.38. The average molecular weight is 291 g/mol. The topological polar surface area (TPSA) is 44.3 Å². The predicted octanol–water partition coefficient (Wildman–Crippen LogP) is 2.48. The number of rotatable bonds is 5. The van der Waals surface area contributed by atoms with Crippen LogP contribution < -0.4 is 10.2 Å². The normalized spacial score (nSPS) is 16.6. The van der Waals surface area contributed by atoms with Gasteiger partial charge in [-0.2, -0.15) is 0 Å². The van der Waals surface area contributed by atoms with Gasteiger partial charge >= 0.3 is 0 Å². The van der Waals surface area contributed by atoms with Crippen LogP contribution in [-0.2, 0) is 0 Å². The van der Waals surface area contributed by atoms with E-state index in [1.54, 1.807) is 0 Å². The number of aromatic nitrogens is 2. The van der Waals surface area contributed by atoms with Crippen molar-refractivity contribution in [2.45, 2.75) is 40.5 Å². The summed E-state index contributed by atoms with van der Waals surface area (Å²) in [5.74, 6) is 3.38. The van der Waals surface area contributed by atoms with Crippen LogP contribution in [0, 0.1) is 6.92 Å². The van der Waals surface area contributed by atoms with Crippen LogP contribution in [0.2, 0.25) is 0 Å². The molecular formula is C16H29N5. The molecule has 1 N–H and O–H groups in total. The van der Waals surface area contributed by atoms with Crippen molar-refractivity contribution in [3.63, 3.8) is 0 Å². The van der Waals surface area contributed by atoms with Gasteiger partial charge in [-0.05, 0) is 20.4 Å². The minimum Gasteiger partial charge on any atom is -0.370 e. The van der Waals surface area contributed by atoms with Crippen LogP contribution in [0.3, 0.4) is 0 Å². The van der Waals surface area contributed by atoms with E-state index in [1.165, 1.54) is 5.56 Å². The Bertz CT molecular complexity index is 464. The maximum absolute atomic E-state index is 4.85. The lowest BCUT2D eigenvalue weighted by Gasteiger charge is -2.36. The summed E-state index contributed by atoms with van der Waals surface area (Å²) in [6.07, 6.45) is 0. The zero-order chi connectivity index (χ0) is 15.4. The third-order valence-electron chi connectivity index (χ3n) is 4.12. The van der Waals surface area contributed by atoms with Crippen LogP contribution in [0.4, 0.5) is 11.6 Å². The number of piperazine rings is 1. The highest BCUT2D eigenvalue weighted by molar-refractivity contribution is 5.59. The van der Waals surface area contributed by atoms with Crippen LogP contribution in [0.15, 0.2) is 0 Å². The van der Waals surface area contributed by atoms with Crippen molar-refractivity contribution < 1.29 is 0 Å². The number of nitrogens with one attached hydrogen (secondary N) is 1. The van der Waals surface area contributed by atoms with E-state index in [9.17, 15) is 0 Å². The van der Waals surface area contributed by atoms with Crippen LogP contribution in [-0.4, -0.2) is 54.1 Å². The van der Waals surface area contributed by atoms with Crippen LogP contribution >= 0.6 is 0 Å². The summed E-state index contributed by atoms with van der Waals surface area (Å²) in [4.78, 5) is 14.4. The minimum absolute atomic E-state index is 0.346. The first kappa shape index (κ1) is 16.0. The molecule has 0 atom stereocenters. The molecule has 1 saturated heterocycles. The molecule has 0 amide bonds. The van der Waals surface area contributed by atoms with Gasteiger partial charge in [0.15, 0.2) is 0 Å². The molecule has 2 heterocycles. The maximum Gasteiger partial charge on any atom is 0.137 e. The molecule has 5 nitrogen and oxygen atoms in total.